The fourth-order valence-electron chi connectivity index (χ4n) is 5.54. The predicted molar refractivity (Wildman–Crippen MR) is 235 cm³/mol. The molecule has 3 heterocycles. The van der Waals surface area contributed by atoms with E-state index in [0.717, 1.165) is 0 Å². The minimum absolute atomic E-state index is 0.0301. The van der Waals surface area contributed by atoms with E-state index in [0.29, 0.717) is 39.8 Å². The van der Waals surface area contributed by atoms with Crippen LogP contribution in [0.5, 0.6) is 0 Å². The van der Waals surface area contributed by atoms with Crippen LogP contribution >= 0.6 is 0 Å². The lowest BCUT2D eigenvalue weighted by molar-refractivity contribution is 0.556. The molecule has 0 bridgehead atoms. The summed E-state index contributed by atoms with van der Waals surface area (Å²) < 4.78 is 2.70. The molecule has 6 aromatic rings. The summed E-state index contributed by atoms with van der Waals surface area (Å²) in [6.45, 7) is 17.5. The largest absolute Gasteiger partial charge is 0.383 e. The Bertz CT molecular complexity index is 2470. The summed E-state index contributed by atoms with van der Waals surface area (Å²) >= 11 is 0. The Hall–Kier alpha value is -7.50. The highest BCUT2D eigenvalue weighted by atomic mass is 15.5. The number of azo groups is 3. The number of benzene rings is 3. The van der Waals surface area contributed by atoms with E-state index < -0.39 is 16.2 Å². The molecular formula is C42H50N18. The second kappa shape index (κ2) is 16.8. The topological polar surface area (TPSA) is 262 Å². The van der Waals surface area contributed by atoms with Gasteiger partial charge in [0.15, 0.2) is 23.0 Å². The number of rotatable bonds is 11. The van der Waals surface area contributed by atoms with Crippen molar-refractivity contribution < 1.29 is 0 Å². The molecule has 0 saturated carbocycles. The van der Waals surface area contributed by atoms with E-state index in [1.165, 1.54) is 9.36 Å². The maximum atomic E-state index is 9.06. The molecule has 0 fully saturated rings. The van der Waals surface area contributed by atoms with E-state index in [9.17, 15) is 0 Å². The van der Waals surface area contributed by atoms with Gasteiger partial charge in [-0.1, -0.05) is 117 Å². The molecule has 18 nitrogen and oxygen atoms in total. The number of allylic oxidation sites excluding steroid dienone is 1. The molecule has 8 N–H and O–H groups in total. The van der Waals surface area contributed by atoms with Crippen molar-refractivity contribution in [1.29, 1.82) is 5.41 Å². The lowest BCUT2D eigenvalue weighted by atomic mass is 9.88. The van der Waals surface area contributed by atoms with Crippen LogP contribution in [-0.2, 0) is 10.8 Å². The van der Waals surface area contributed by atoms with Gasteiger partial charge in [0.1, 0.15) is 11.5 Å². The average molecular weight is 807 g/mol. The Morgan fingerprint density at radius 2 is 0.950 bits per heavy atom. The number of aromatic nitrogens is 7. The van der Waals surface area contributed by atoms with Crippen LogP contribution in [0.25, 0.3) is 11.9 Å². The quantitative estimate of drug-likeness (QED) is 0.0615. The number of nitrogen functional groups attached to an aromatic ring is 2. The maximum Gasteiger partial charge on any atom is 0.259 e. The molecule has 0 spiro atoms. The third-order valence-corrected chi connectivity index (χ3v) is 8.76. The van der Waals surface area contributed by atoms with Gasteiger partial charge < -0.3 is 27.9 Å². The summed E-state index contributed by atoms with van der Waals surface area (Å²) in [5, 5.41) is 48.6. The van der Waals surface area contributed by atoms with Crippen molar-refractivity contribution in [2.75, 3.05) is 16.8 Å². The van der Waals surface area contributed by atoms with E-state index in [-0.39, 0.29) is 46.7 Å². The minimum atomic E-state index is -0.665. The summed E-state index contributed by atoms with van der Waals surface area (Å²) in [4.78, 5) is 14.3. The Morgan fingerprint density at radius 3 is 1.32 bits per heavy atom. The van der Waals surface area contributed by atoms with Crippen LogP contribution in [0.2, 0.25) is 0 Å². The van der Waals surface area contributed by atoms with Crippen molar-refractivity contribution >= 4 is 51.7 Å². The van der Waals surface area contributed by atoms with Gasteiger partial charge in [0.05, 0.1) is 34.2 Å². The lowest BCUT2D eigenvalue weighted by Crippen LogP contribution is -2.26. The molecule has 0 saturated heterocycles. The van der Waals surface area contributed by atoms with Crippen LogP contribution < -0.4 is 22.5 Å². The smallest absolute Gasteiger partial charge is 0.259 e. The number of nitrogens with two attached hydrogens (primary N) is 3. The predicted octanol–water partition coefficient (Wildman–Crippen LogP) is 10.2. The van der Waals surface area contributed by atoms with Gasteiger partial charge in [-0.05, 0) is 36.4 Å². The van der Waals surface area contributed by atoms with Gasteiger partial charge in [0, 0.05) is 16.2 Å². The molecule has 308 valence electrons. The van der Waals surface area contributed by atoms with Crippen LogP contribution in [-0.4, -0.2) is 40.2 Å². The fraction of sp³-hybridized carbons (Fsp3) is 0.286. The van der Waals surface area contributed by atoms with E-state index in [1.807, 2.05) is 141 Å². The minimum Gasteiger partial charge on any atom is -0.383 e. The molecule has 60 heavy (non-hydrogen) atoms. The van der Waals surface area contributed by atoms with Crippen molar-refractivity contribution in [3.05, 3.63) is 114 Å². The fourth-order valence-corrected chi connectivity index (χ4v) is 5.54. The monoisotopic (exact) mass is 806 g/mol. The standard InChI is InChI=1S/C42H50N18/c1-40(2,3)31(43)28(54-51-25-19-13-10-14-20-25)34(44)47-37-48-38(59-35(45)29(32(57-59)41(4,5)6)55-52-26-21-15-11-16-22-26)50-39(49-37)60-36(46)30(33(58-60)42(7,8)9)56-53-27-23-17-12-18-24-27/h10-24,43H,44-46H2,1-9H3,(H,47,48,49,50)/b34-28+,43-31?,54-51+,55-52+,56-53+. The molecule has 0 atom stereocenters. The highest BCUT2D eigenvalue weighted by Crippen LogP contribution is 2.39. The van der Waals surface area contributed by atoms with Crippen LogP contribution in [0.15, 0.2) is 133 Å². The van der Waals surface area contributed by atoms with Crippen molar-refractivity contribution in [3.63, 3.8) is 0 Å². The highest BCUT2D eigenvalue weighted by molar-refractivity contribution is 6.01. The van der Waals surface area contributed by atoms with Gasteiger partial charge in [-0.3, -0.25) is 0 Å². The highest BCUT2D eigenvalue weighted by Gasteiger charge is 2.31. The van der Waals surface area contributed by atoms with Gasteiger partial charge in [0.2, 0.25) is 5.95 Å². The third kappa shape index (κ3) is 9.61. The average Bonchev–Trinajstić information content (AvgIpc) is 3.73. The SMILES string of the molecule is CC(C)(C)C(=N)C(/N=N/c1ccccc1)=C(/N)Nc1nc(-n2nc(C(C)(C)C)c(/N=N/c3ccccc3)c2N)nc(-n2nc(C(C)(C)C)c(/N=N/c3ccccc3)c2N)n1. The molecule has 18 heteroatoms. The zero-order valence-corrected chi connectivity index (χ0v) is 35.2. The number of anilines is 3. The van der Waals surface area contributed by atoms with E-state index in [2.05, 4.69) is 36.0 Å². The summed E-state index contributed by atoms with van der Waals surface area (Å²) in [5.74, 6) is 0.0366. The second-order valence-electron chi connectivity index (χ2n) is 16.9. The number of nitrogens with zero attached hydrogens (tertiary/aromatic N) is 13. The molecule has 0 aliphatic heterocycles. The van der Waals surface area contributed by atoms with Crippen molar-refractivity contribution in [2.45, 2.75) is 73.1 Å². The summed E-state index contributed by atoms with van der Waals surface area (Å²) in [7, 11) is 0. The molecule has 3 aromatic carbocycles. The van der Waals surface area contributed by atoms with E-state index >= 15 is 0 Å². The van der Waals surface area contributed by atoms with Crippen LogP contribution in [0, 0.1) is 10.8 Å². The van der Waals surface area contributed by atoms with Crippen LogP contribution in [0.4, 0.5) is 46.0 Å². The molecule has 0 aliphatic carbocycles. The normalized spacial score (nSPS) is 13.1. The van der Waals surface area contributed by atoms with E-state index in [4.69, 9.17) is 47.8 Å². The Balaban J connectivity index is 1.57. The molecule has 3 aromatic heterocycles. The summed E-state index contributed by atoms with van der Waals surface area (Å²) in [6, 6.07) is 27.7. The van der Waals surface area contributed by atoms with E-state index in [1.54, 1.807) is 12.1 Å². The molecule has 0 unspecified atom stereocenters. The number of hydrogen-bond acceptors (Lipinski definition) is 16. The number of hydrogen-bond donors (Lipinski definition) is 5. The molecule has 0 aliphatic rings. The van der Waals surface area contributed by atoms with Crippen LogP contribution in [0.1, 0.15) is 73.7 Å². The Labute approximate surface area is 348 Å². The maximum absolute atomic E-state index is 9.06. The zero-order valence-electron chi connectivity index (χ0n) is 35.2. The summed E-state index contributed by atoms with van der Waals surface area (Å²) in [5.41, 5.74) is 22.4. The first-order chi connectivity index (χ1) is 28.3. The molecule has 0 radical (unpaired) electrons. The summed E-state index contributed by atoms with van der Waals surface area (Å²) in [6.07, 6.45) is 0. The van der Waals surface area contributed by atoms with Gasteiger partial charge in [-0.25, -0.2) is 0 Å². The van der Waals surface area contributed by atoms with Gasteiger partial charge in [-0.2, -0.15) is 49.9 Å². The molecular weight excluding hydrogens is 757 g/mol. The van der Waals surface area contributed by atoms with Gasteiger partial charge >= 0.3 is 0 Å². The first-order valence-corrected chi connectivity index (χ1v) is 19.1. The first kappa shape index (κ1) is 42.1. The van der Waals surface area contributed by atoms with Gasteiger partial charge in [0.25, 0.3) is 11.9 Å². The zero-order chi connectivity index (χ0) is 43.4. The van der Waals surface area contributed by atoms with Crippen LogP contribution in [0.3, 0.4) is 0 Å². The molecule has 0 amide bonds. The van der Waals surface area contributed by atoms with Crippen molar-refractivity contribution in [3.8, 4) is 11.9 Å². The van der Waals surface area contributed by atoms with Crippen molar-refractivity contribution in [1.82, 2.24) is 34.5 Å². The second-order valence-corrected chi connectivity index (χ2v) is 16.9. The lowest BCUT2D eigenvalue weighted by Gasteiger charge is -2.21. The Morgan fingerprint density at radius 1 is 0.567 bits per heavy atom. The molecule has 6 rings (SSSR count). The van der Waals surface area contributed by atoms with Gasteiger partial charge in [-0.15, -0.1) is 15.3 Å². The third-order valence-electron chi connectivity index (χ3n) is 8.76. The Kier molecular flexibility index (Phi) is 11.8. The first-order valence-electron chi connectivity index (χ1n) is 19.1. The van der Waals surface area contributed by atoms with Crippen molar-refractivity contribution in [2.24, 2.45) is 41.8 Å². The number of nitrogens with one attached hydrogen (secondary N) is 2.